The lowest BCUT2D eigenvalue weighted by Crippen LogP contribution is -2.57. The van der Waals surface area contributed by atoms with Gasteiger partial charge in [-0.15, -0.1) is 0 Å². The van der Waals surface area contributed by atoms with Crippen molar-refractivity contribution in [3.05, 3.63) is 30.2 Å². The Kier molecular flexibility index (Phi) is 7.39. The highest BCUT2D eigenvalue weighted by Gasteiger charge is 2.30. The number of amides is 1. The van der Waals surface area contributed by atoms with Crippen LogP contribution in [0.25, 0.3) is 11.4 Å². The molecule has 0 bridgehead atoms. The van der Waals surface area contributed by atoms with Gasteiger partial charge in [0.15, 0.2) is 0 Å². The zero-order chi connectivity index (χ0) is 22.5. The monoisotopic (exact) mass is 442 g/mol. The number of nitrogens with zero attached hydrogens (tertiary/aromatic N) is 6. The van der Waals surface area contributed by atoms with E-state index in [1.54, 1.807) is 7.11 Å². The summed E-state index contributed by atoms with van der Waals surface area (Å²) in [5, 5.41) is 4.12. The van der Waals surface area contributed by atoms with E-state index in [9.17, 15) is 4.79 Å². The van der Waals surface area contributed by atoms with E-state index in [0.717, 1.165) is 70.2 Å². The summed E-state index contributed by atoms with van der Waals surface area (Å²) in [6.45, 7) is 13.0. The molecule has 174 valence electrons. The van der Waals surface area contributed by atoms with E-state index in [1.807, 2.05) is 36.1 Å². The van der Waals surface area contributed by atoms with Crippen molar-refractivity contribution >= 4 is 5.91 Å². The fourth-order valence-electron chi connectivity index (χ4n) is 4.38. The second-order valence-electron chi connectivity index (χ2n) is 8.49. The topological polar surface area (TPSA) is 78.2 Å². The molecule has 1 amide bonds. The Morgan fingerprint density at radius 2 is 1.69 bits per heavy atom. The van der Waals surface area contributed by atoms with Crippen LogP contribution in [0.3, 0.4) is 0 Å². The molecule has 3 heterocycles. The molecule has 1 unspecified atom stereocenters. The molecule has 2 aliphatic heterocycles. The summed E-state index contributed by atoms with van der Waals surface area (Å²) in [5.74, 6) is 2.26. The fourth-order valence-corrected chi connectivity index (χ4v) is 4.38. The average Bonchev–Trinajstić information content (AvgIpc) is 3.32. The molecule has 1 aromatic heterocycles. The van der Waals surface area contributed by atoms with Gasteiger partial charge < -0.3 is 19.1 Å². The van der Waals surface area contributed by atoms with Gasteiger partial charge in [-0.2, -0.15) is 4.98 Å². The van der Waals surface area contributed by atoms with E-state index in [1.165, 1.54) is 0 Å². The molecule has 0 saturated carbocycles. The Morgan fingerprint density at radius 1 is 1.03 bits per heavy atom. The number of rotatable bonds is 7. The quantitative estimate of drug-likeness (QED) is 0.637. The minimum atomic E-state index is -0.0737. The molecule has 0 N–H and O–H groups in total. The molecular weight excluding hydrogens is 408 g/mol. The van der Waals surface area contributed by atoms with E-state index >= 15 is 0 Å². The molecule has 2 fully saturated rings. The third kappa shape index (κ3) is 5.28. The molecule has 32 heavy (non-hydrogen) atoms. The Labute approximate surface area is 189 Å². The van der Waals surface area contributed by atoms with Gasteiger partial charge in [-0.25, -0.2) is 0 Å². The van der Waals surface area contributed by atoms with Gasteiger partial charge in [0.05, 0.1) is 19.7 Å². The third-order valence-corrected chi connectivity index (χ3v) is 6.62. The van der Waals surface area contributed by atoms with Gasteiger partial charge in [-0.3, -0.25) is 14.6 Å². The van der Waals surface area contributed by atoms with Crippen molar-refractivity contribution in [2.45, 2.75) is 26.4 Å². The molecule has 0 radical (unpaired) electrons. The predicted octanol–water partition coefficient (Wildman–Crippen LogP) is 1.42. The van der Waals surface area contributed by atoms with Gasteiger partial charge in [-0.05, 0) is 37.7 Å². The van der Waals surface area contributed by atoms with Crippen LogP contribution in [0.1, 0.15) is 19.7 Å². The first-order valence-corrected chi connectivity index (χ1v) is 11.5. The summed E-state index contributed by atoms with van der Waals surface area (Å²) in [6, 6.07) is 7.54. The highest BCUT2D eigenvalue weighted by Crippen LogP contribution is 2.20. The van der Waals surface area contributed by atoms with Crippen molar-refractivity contribution in [1.82, 2.24) is 29.7 Å². The summed E-state index contributed by atoms with van der Waals surface area (Å²) in [6.07, 6.45) is 0. The van der Waals surface area contributed by atoms with Crippen LogP contribution in [0.5, 0.6) is 5.75 Å². The smallest absolute Gasteiger partial charge is 0.241 e. The van der Waals surface area contributed by atoms with Crippen molar-refractivity contribution in [3.8, 4) is 17.1 Å². The number of piperazine rings is 2. The number of likely N-dealkylation sites (N-methyl/N-ethyl adjacent to an activating group) is 1. The highest BCUT2D eigenvalue weighted by atomic mass is 16.5. The first kappa shape index (κ1) is 22.7. The SMILES string of the molecule is CCN1CCN(C(=O)C(C)N2CCN(Cc3nc(-c4ccc(OC)cc4)no3)CC2)CC1. The summed E-state index contributed by atoms with van der Waals surface area (Å²) in [7, 11) is 1.64. The van der Waals surface area contributed by atoms with Crippen LogP contribution in [-0.4, -0.2) is 108 Å². The summed E-state index contributed by atoms with van der Waals surface area (Å²) >= 11 is 0. The number of carbonyl (C=O) groups is 1. The summed E-state index contributed by atoms with van der Waals surface area (Å²) in [5.41, 5.74) is 0.901. The maximum atomic E-state index is 13.0. The van der Waals surface area contributed by atoms with Crippen LogP contribution in [-0.2, 0) is 11.3 Å². The number of hydrogen-bond acceptors (Lipinski definition) is 8. The van der Waals surface area contributed by atoms with Gasteiger partial charge in [0.1, 0.15) is 5.75 Å². The molecule has 0 aliphatic carbocycles. The maximum absolute atomic E-state index is 13.0. The lowest BCUT2D eigenvalue weighted by Gasteiger charge is -2.40. The van der Waals surface area contributed by atoms with Crippen molar-refractivity contribution in [2.24, 2.45) is 0 Å². The van der Waals surface area contributed by atoms with Crippen molar-refractivity contribution in [2.75, 3.05) is 66.0 Å². The van der Waals surface area contributed by atoms with E-state index in [-0.39, 0.29) is 11.9 Å². The average molecular weight is 443 g/mol. The molecule has 9 nitrogen and oxygen atoms in total. The summed E-state index contributed by atoms with van der Waals surface area (Å²) in [4.78, 5) is 26.5. The second kappa shape index (κ2) is 10.4. The molecule has 1 aromatic carbocycles. The zero-order valence-corrected chi connectivity index (χ0v) is 19.4. The van der Waals surface area contributed by atoms with E-state index in [0.29, 0.717) is 18.3 Å². The van der Waals surface area contributed by atoms with E-state index < -0.39 is 0 Å². The van der Waals surface area contributed by atoms with Crippen LogP contribution in [0.4, 0.5) is 0 Å². The van der Waals surface area contributed by atoms with Gasteiger partial charge >= 0.3 is 0 Å². The van der Waals surface area contributed by atoms with E-state index in [4.69, 9.17) is 9.26 Å². The maximum Gasteiger partial charge on any atom is 0.241 e. The summed E-state index contributed by atoms with van der Waals surface area (Å²) < 4.78 is 10.7. The first-order chi connectivity index (χ1) is 15.6. The van der Waals surface area contributed by atoms with Crippen molar-refractivity contribution in [3.63, 3.8) is 0 Å². The highest BCUT2D eigenvalue weighted by molar-refractivity contribution is 5.81. The van der Waals surface area contributed by atoms with Crippen LogP contribution in [0.2, 0.25) is 0 Å². The van der Waals surface area contributed by atoms with Crippen LogP contribution in [0.15, 0.2) is 28.8 Å². The number of aromatic nitrogens is 2. The van der Waals surface area contributed by atoms with Gasteiger partial charge in [0, 0.05) is 57.9 Å². The second-order valence-corrected chi connectivity index (χ2v) is 8.49. The normalized spacial score (nSPS) is 19.8. The molecular formula is C23H34N6O3. The van der Waals surface area contributed by atoms with Gasteiger partial charge in [-0.1, -0.05) is 12.1 Å². The van der Waals surface area contributed by atoms with Crippen LogP contribution < -0.4 is 4.74 Å². The molecule has 0 spiro atoms. The lowest BCUT2D eigenvalue weighted by atomic mass is 10.2. The van der Waals surface area contributed by atoms with Crippen LogP contribution >= 0.6 is 0 Å². The number of carbonyl (C=O) groups excluding carboxylic acids is 1. The molecule has 2 aliphatic rings. The minimum Gasteiger partial charge on any atom is -0.497 e. The van der Waals surface area contributed by atoms with Crippen molar-refractivity contribution < 1.29 is 14.1 Å². The largest absolute Gasteiger partial charge is 0.497 e. The number of ether oxygens (including phenoxy) is 1. The van der Waals surface area contributed by atoms with Crippen LogP contribution in [0, 0.1) is 0 Å². The van der Waals surface area contributed by atoms with E-state index in [2.05, 4.69) is 31.8 Å². The number of methoxy groups -OCH3 is 1. The third-order valence-electron chi connectivity index (χ3n) is 6.62. The molecule has 9 heteroatoms. The Balaban J connectivity index is 1.25. The fraction of sp³-hybridized carbons (Fsp3) is 0.609. The Hall–Kier alpha value is -2.49. The number of hydrogen-bond donors (Lipinski definition) is 0. The minimum absolute atomic E-state index is 0.0737. The standard InChI is InChI=1S/C23H34N6O3/c1-4-26-9-15-29(16-10-26)23(30)18(2)28-13-11-27(12-14-28)17-21-24-22(25-32-21)19-5-7-20(31-3)8-6-19/h5-8,18H,4,9-17H2,1-3H3. The first-order valence-electron chi connectivity index (χ1n) is 11.5. The predicted molar refractivity (Wildman–Crippen MR) is 121 cm³/mol. The molecule has 2 aromatic rings. The Bertz CT molecular complexity index is 870. The molecule has 2 saturated heterocycles. The molecule has 4 rings (SSSR count). The Morgan fingerprint density at radius 3 is 2.31 bits per heavy atom. The lowest BCUT2D eigenvalue weighted by molar-refractivity contribution is -0.139. The number of benzene rings is 1. The molecule has 1 atom stereocenters. The van der Waals surface area contributed by atoms with Crippen molar-refractivity contribution in [1.29, 1.82) is 0 Å². The van der Waals surface area contributed by atoms with Gasteiger partial charge in [0.2, 0.25) is 17.6 Å². The zero-order valence-electron chi connectivity index (χ0n) is 19.4. The van der Waals surface area contributed by atoms with Gasteiger partial charge in [0.25, 0.3) is 0 Å².